The Morgan fingerprint density at radius 1 is 1.06 bits per heavy atom. The van der Waals surface area contributed by atoms with E-state index in [1.807, 2.05) is 44.2 Å². The van der Waals surface area contributed by atoms with Crippen LogP contribution in [0.1, 0.15) is 28.4 Å². The van der Waals surface area contributed by atoms with Gasteiger partial charge in [0.05, 0.1) is 18.9 Å². The average Bonchev–Trinajstić information content (AvgIpc) is 2.76. The number of ether oxygens (including phenoxy) is 2. The number of nitrogens with one attached hydrogen (secondary N) is 1. The van der Waals surface area contributed by atoms with Crippen molar-refractivity contribution in [1.82, 2.24) is 4.90 Å². The van der Waals surface area contributed by atoms with Crippen molar-refractivity contribution in [3.63, 3.8) is 0 Å². The Bertz CT molecular complexity index is 985. The molecule has 7 heteroatoms. The molecule has 164 valence electrons. The Kier molecular flexibility index (Phi) is 6.25. The fourth-order valence-corrected chi connectivity index (χ4v) is 3.87. The van der Waals surface area contributed by atoms with E-state index in [0.29, 0.717) is 23.5 Å². The SMILES string of the molecule is Cc1ccc(C(=O)Nc2ccc3c(c2)OC(C)C(=O)N3CCN2CCOCC2)cc1C. The highest BCUT2D eigenvalue weighted by molar-refractivity contribution is 6.05. The lowest BCUT2D eigenvalue weighted by Crippen LogP contribution is -2.48. The molecular weight excluding hydrogens is 394 g/mol. The topological polar surface area (TPSA) is 71.1 Å². The summed E-state index contributed by atoms with van der Waals surface area (Å²) in [6.07, 6.45) is -0.567. The van der Waals surface area contributed by atoms with Crippen molar-refractivity contribution in [3.05, 3.63) is 53.1 Å². The summed E-state index contributed by atoms with van der Waals surface area (Å²) in [4.78, 5) is 29.5. The summed E-state index contributed by atoms with van der Waals surface area (Å²) in [5, 5.41) is 2.94. The summed E-state index contributed by atoms with van der Waals surface area (Å²) in [6, 6.07) is 11.1. The number of amides is 2. The van der Waals surface area contributed by atoms with E-state index >= 15 is 0 Å². The first kappa shape index (κ1) is 21.3. The Morgan fingerprint density at radius 3 is 2.58 bits per heavy atom. The van der Waals surface area contributed by atoms with Gasteiger partial charge < -0.3 is 19.7 Å². The Labute approximate surface area is 182 Å². The molecule has 2 heterocycles. The number of carbonyl (C=O) groups is 2. The molecule has 1 fully saturated rings. The molecule has 0 aromatic heterocycles. The third-order valence-electron chi connectivity index (χ3n) is 5.94. The fraction of sp³-hybridized carbons (Fsp3) is 0.417. The number of rotatable bonds is 5. The van der Waals surface area contributed by atoms with E-state index in [9.17, 15) is 9.59 Å². The largest absolute Gasteiger partial charge is 0.479 e. The number of anilines is 2. The second-order valence-electron chi connectivity index (χ2n) is 8.14. The normalized spacial score (nSPS) is 19.0. The number of benzene rings is 2. The van der Waals surface area contributed by atoms with Crippen LogP contribution in [0.15, 0.2) is 36.4 Å². The van der Waals surface area contributed by atoms with Crippen LogP contribution in [0.2, 0.25) is 0 Å². The van der Waals surface area contributed by atoms with E-state index in [4.69, 9.17) is 9.47 Å². The van der Waals surface area contributed by atoms with E-state index < -0.39 is 6.10 Å². The minimum Gasteiger partial charge on any atom is -0.479 e. The molecule has 31 heavy (non-hydrogen) atoms. The minimum atomic E-state index is -0.567. The van der Waals surface area contributed by atoms with Gasteiger partial charge in [-0.1, -0.05) is 6.07 Å². The summed E-state index contributed by atoms with van der Waals surface area (Å²) in [7, 11) is 0. The van der Waals surface area contributed by atoms with Crippen LogP contribution in [-0.2, 0) is 9.53 Å². The van der Waals surface area contributed by atoms with Gasteiger partial charge in [0.1, 0.15) is 5.75 Å². The molecule has 7 nitrogen and oxygen atoms in total. The maximum atomic E-state index is 12.8. The third-order valence-corrected chi connectivity index (χ3v) is 5.94. The van der Waals surface area contributed by atoms with Gasteiger partial charge in [-0.3, -0.25) is 14.5 Å². The second-order valence-corrected chi connectivity index (χ2v) is 8.14. The van der Waals surface area contributed by atoms with E-state index in [1.165, 1.54) is 0 Å². The quantitative estimate of drug-likeness (QED) is 0.801. The van der Waals surface area contributed by atoms with Crippen LogP contribution < -0.4 is 15.0 Å². The first-order valence-electron chi connectivity index (χ1n) is 10.7. The molecule has 1 atom stereocenters. The maximum absolute atomic E-state index is 12.8. The van der Waals surface area contributed by atoms with Crippen LogP contribution in [-0.4, -0.2) is 62.2 Å². The number of fused-ring (bicyclic) bond motifs is 1. The molecule has 1 saturated heterocycles. The van der Waals surface area contributed by atoms with Crippen LogP contribution in [0.25, 0.3) is 0 Å². The lowest BCUT2D eigenvalue weighted by atomic mass is 10.1. The van der Waals surface area contributed by atoms with Gasteiger partial charge >= 0.3 is 0 Å². The van der Waals surface area contributed by atoms with Gasteiger partial charge in [-0.25, -0.2) is 0 Å². The van der Waals surface area contributed by atoms with Gasteiger partial charge in [0, 0.05) is 43.5 Å². The Hall–Kier alpha value is -2.90. The predicted molar refractivity (Wildman–Crippen MR) is 120 cm³/mol. The lowest BCUT2D eigenvalue weighted by molar-refractivity contribution is -0.125. The second kappa shape index (κ2) is 9.08. The van der Waals surface area contributed by atoms with Gasteiger partial charge in [0.25, 0.3) is 11.8 Å². The number of morpholine rings is 1. The first-order chi connectivity index (χ1) is 14.9. The highest BCUT2D eigenvalue weighted by Gasteiger charge is 2.32. The molecule has 2 amide bonds. The van der Waals surface area contributed by atoms with Crippen molar-refractivity contribution < 1.29 is 19.1 Å². The number of hydrogen-bond acceptors (Lipinski definition) is 5. The van der Waals surface area contributed by atoms with Crippen LogP contribution >= 0.6 is 0 Å². The predicted octanol–water partition coefficient (Wildman–Crippen LogP) is 3.00. The van der Waals surface area contributed by atoms with Crippen molar-refractivity contribution in [1.29, 1.82) is 0 Å². The maximum Gasteiger partial charge on any atom is 0.267 e. The summed E-state index contributed by atoms with van der Waals surface area (Å²) in [5.41, 5.74) is 4.20. The molecule has 1 N–H and O–H groups in total. The molecule has 0 radical (unpaired) electrons. The molecule has 2 aliphatic rings. The van der Waals surface area contributed by atoms with Crippen molar-refractivity contribution in [2.45, 2.75) is 26.9 Å². The van der Waals surface area contributed by atoms with E-state index in [2.05, 4.69) is 10.2 Å². The monoisotopic (exact) mass is 423 g/mol. The number of hydrogen-bond donors (Lipinski definition) is 1. The van der Waals surface area contributed by atoms with Crippen LogP contribution in [0.3, 0.4) is 0 Å². The molecule has 0 saturated carbocycles. The molecule has 0 bridgehead atoms. The van der Waals surface area contributed by atoms with Gasteiger partial charge in [-0.2, -0.15) is 0 Å². The van der Waals surface area contributed by atoms with E-state index in [1.54, 1.807) is 17.9 Å². The first-order valence-corrected chi connectivity index (χ1v) is 10.7. The molecule has 0 spiro atoms. The molecule has 2 aromatic rings. The highest BCUT2D eigenvalue weighted by Crippen LogP contribution is 2.36. The zero-order chi connectivity index (χ0) is 22.0. The molecular formula is C24H29N3O4. The van der Waals surface area contributed by atoms with Crippen molar-refractivity contribution in [2.75, 3.05) is 49.6 Å². The van der Waals surface area contributed by atoms with Crippen LogP contribution in [0.4, 0.5) is 11.4 Å². The van der Waals surface area contributed by atoms with Crippen molar-refractivity contribution >= 4 is 23.2 Å². The van der Waals surface area contributed by atoms with Crippen molar-refractivity contribution in [2.24, 2.45) is 0 Å². The summed E-state index contributed by atoms with van der Waals surface area (Å²) >= 11 is 0. The van der Waals surface area contributed by atoms with Gasteiger partial charge in [-0.15, -0.1) is 0 Å². The molecule has 1 unspecified atom stereocenters. The van der Waals surface area contributed by atoms with E-state index in [0.717, 1.165) is 49.7 Å². The van der Waals surface area contributed by atoms with Crippen LogP contribution in [0.5, 0.6) is 5.75 Å². The molecule has 2 aliphatic heterocycles. The summed E-state index contributed by atoms with van der Waals surface area (Å²) in [5.74, 6) is 0.381. The molecule has 4 rings (SSSR count). The molecule has 0 aliphatic carbocycles. The Balaban J connectivity index is 1.49. The lowest BCUT2D eigenvalue weighted by Gasteiger charge is -2.35. The number of nitrogens with zero attached hydrogens (tertiary/aromatic N) is 2. The zero-order valence-electron chi connectivity index (χ0n) is 18.3. The van der Waals surface area contributed by atoms with Gasteiger partial charge in [-0.05, 0) is 56.2 Å². The molecule has 2 aromatic carbocycles. The minimum absolute atomic E-state index is 0.0484. The van der Waals surface area contributed by atoms with Gasteiger partial charge in [0.15, 0.2) is 6.10 Å². The number of aryl methyl sites for hydroxylation is 2. The summed E-state index contributed by atoms with van der Waals surface area (Å²) in [6.45, 7) is 10.4. The Morgan fingerprint density at radius 2 is 1.84 bits per heavy atom. The fourth-order valence-electron chi connectivity index (χ4n) is 3.87. The standard InChI is InChI=1S/C24H29N3O4/c1-16-4-5-19(14-17(16)2)23(28)25-20-6-7-21-22(15-20)31-18(3)24(29)27(21)9-8-26-10-12-30-13-11-26/h4-7,14-15,18H,8-13H2,1-3H3,(H,25,28). The van der Waals surface area contributed by atoms with Gasteiger partial charge in [0.2, 0.25) is 0 Å². The zero-order valence-corrected chi connectivity index (χ0v) is 18.3. The number of carbonyl (C=O) groups excluding carboxylic acids is 2. The summed E-state index contributed by atoms with van der Waals surface area (Å²) < 4.78 is 11.3. The average molecular weight is 424 g/mol. The highest BCUT2D eigenvalue weighted by atomic mass is 16.5. The van der Waals surface area contributed by atoms with Crippen molar-refractivity contribution in [3.8, 4) is 5.75 Å². The third kappa shape index (κ3) is 4.73. The van der Waals surface area contributed by atoms with E-state index in [-0.39, 0.29) is 11.8 Å². The smallest absolute Gasteiger partial charge is 0.267 e. The van der Waals surface area contributed by atoms with Crippen LogP contribution in [0, 0.1) is 13.8 Å².